The van der Waals surface area contributed by atoms with Gasteiger partial charge in [-0.2, -0.15) is 10.7 Å². The van der Waals surface area contributed by atoms with Crippen molar-refractivity contribution < 1.29 is 15.1 Å². The fourth-order valence-electron chi connectivity index (χ4n) is 0.855. The topological polar surface area (TPSA) is 81.9 Å². The minimum atomic E-state index is -0.993. The van der Waals surface area contributed by atoms with Gasteiger partial charge in [0.25, 0.3) is 0 Å². The van der Waals surface area contributed by atoms with E-state index in [0.717, 1.165) is 0 Å². The Morgan fingerprint density at radius 3 is 2.92 bits per heavy atom. The average Bonchev–Trinajstić information content (AvgIpc) is 2.15. The van der Waals surface area contributed by atoms with Crippen LogP contribution in [0.2, 0.25) is 0 Å². The molecule has 0 heterocycles. The monoisotopic (exact) mass is 180 g/mol. The van der Waals surface area contributed by atoms with Crippen LogP contribution >= 0.6 is 0 Å². The molecule has 0 radical (unpaired) electrons. The highest BCUT2D eigenvalue weighted by atomic mass is 16.5. The van der Waals surface area contributed by atoms with Crippen LogP contribution in [0.3, 0.4) is 0 Å². The van der Waals surface area contributed by atoms with Gasteiger partial charge in [-0.3, -0.25) is 5.21 Å². The lowest BCUT2D eigenvalue weighted by Crippen LogP contribution is -1.99. The predicted octanol–water partition coefficient (Wildman–Crippen LogP) is 0.698. The molecule has 5 heteroatoms. The number of rotatable bonds is 3. The number of aromatic carboxylic acids is 1. The van der Waals surface area contributed by atoms with E-state index < -0.39 is 5.97 Å². The maximum Gasteiger partial charge on any atom is 0.335 e. The molecule has 0 spiro atoms. The molecule has 1 rings (SSSR count). The number of carboxylic acid groups (broad SMARTS) is 1. The van der Waals surface area contributed by atoms with Crippen LogP contribution in [0.4, 0.5) is 0 Å². The van der Waals surface area contributed by atoms with E-state index in [2.05, 4.69) is 5.10 Å². The highest BCUT2D eigenvalue weighted by Crippen LogP contribution is 2.02. The van der Waals surface area contributed by atoms with Gasteiger partial charge in [0, 0.05) is 0 Å². The zero-order valence-electron chi connectivity index (χ0n) is 6.64. The predicted molar refractivity (Wildman–Crippen MR) is 45.9 cm³/mol. The van der Waals surface area contributed by atoms with E-state index >= 15 is 0 Å². The molecule has 13 heavy (non-hydrogen) atoms. The normalized spacial score (nSPS) is 10.2. The molecule has 0 unspecified atom stereocenters. The molecule has 0 amide bonds. The fraction of sp³-hybridized carbons (Fsp3) is 0. The van der Waals surface area contributed by atoms with Crippen LogP contribution in [0.5, 0.6) is 0 Å². The molecule has 0 bridgehead atoms. The van der Waals surface area contributed by atoms with Crippen LogP contribution in [-0.4, -0.2) is 22.5 Å². The van der Waals surface area contributed by atoms with Gasteiger partial charge in [-0.1, -0.05) is 12.1 Å². The lowest BCUT2D eigenvalue weighted by Gasteiger charge is -1.95. The Morgan fingerprint density at radius 1 is 1.54 bits per heavy atom. The molecule has 0 aliphatic heterocycles. The van der Waals surface area contributed by atoms with Crippen molar-refractivity contribution in [2.45, 2.75) is 0 Å². The SMILES string of the molecule is O=C(O)c1cccc(/C=N\NO)c1. The van der Waals surface area contributed by atoms with Gasteiger partial charge in [-0.15, -0.1) is 0 Å². The summed E-state index contributed by atoms with van der Waals surface area (Å²) in [5.41, 5.74) is 2.37. The summed E-state index contributed by atoms with van der Waals surface area (Å²) in [6.45, 7) is 0. The van der Waals surface area contributed by atoms with E-state index in [1.165, 1.54) is 18.3 Å². The molecule has 0 saturated carbocycles. The summed E-state index contributed by atoms with van der Waals surface area (Å²) in [4.78, 5) is 10.5. The van der Waals surface area contributed by atoms with Crippen LogP contribution in [-0.2, 0) is 0 Å². The number of carbonyl (C=O) groups is 1. The van der Waals surface area contributed by atoms with Gasteiger partial charge < -0.3 is 5.11 Å². The first-order valence-electron chi connectivity index (χ1n) is 3.49. The molecule has 5 nitrogen and oxygen atoms in total. The third-order valence-corrected chi connectivity index (χ3v) is 1.40. The third kappa shape index (κ3) is 2.57. The third-order valence-electron chi connectivity index (χ3n) is 1.40. The van der Waals surface area contributed by atoms with Crippen LogP contribution in [0.25, 0.3) is 0 Å². The summed E-state index contributed by atoms with van der Waals surface area (Å²) in [6.07, 6.45) is 1.31. The van der Waals surface area contributed by atoms with Crippen LogP contribution in [0.1, 0.15) is 15.9 Å². The van der Waals surface area contributed by atoms with Crippen molar-refractivity contribution in [1.29, 1.82) is 0 Å². The van der Waals surface area contributed by atoms with Gasteiger partial charge >= 0.3 is 5.97 Å². The molecular weight excluding hydrogens is 172 g/mol. The average molecular weight is 180 g/mol. The second kappa shape index (κ2) is 4.22. The van der Waals surface area contributed by atoms with Crippen molar-refractivity contribution >= 4 is 12.2 Å². The van der Waals surface area contributed by atoms with Crippen LogP contribution in [0.15, 0.2) is 29.4 Å². The van der Waals surface area contributed by atoms with Gasteiger partial charge in [0.15, 0.2) is 0 Å². The zero-order valence-corrected chi connectivity index (χ0v) is 6.64. The molecule has 0 aliphatic carbocycles. The fourth-order valence-corrected chi connectivity index (χ4v) is 0.855. The van der Waals surface area contributed by atoms with Crippen LogP contribution < -0.4 is 5.59 Å². The lowest BCUT2D eigenvalue weighted by molar-refractivity contribution is 0.0697. The van der Waals surface area contributed by atoms with Crippen molar-refractivity contribution in [2.24, 2.45) is 5.10 Å². The maximum atomic E-state index is 10.5. The van der Waals surface area contributed by atoms with Gasteiger partial charge in [-0.25, -0.2) is 4.79 Å². The lowest BCUT2D eigenvalue weighted by atomic mass is 10.1. The summed E-state index contributed by atoms with van der Waals surface area (Å²) in [7, 11) is 0. The van der Waals surface area contributed by atoms with Gasteiger partial charge in [-0.05, 0) is 17.7 Å². The zero-order chi connectivity index (χ0) is 9.68. The number of hydrogen-bond acceptors (Lipinski definition) is 4. The number of benzene rings is 1. The first-order valence-corrected chi connectivity index (χ1v) is 3.49. The molecule has 0 fully saturated rings. The molecule has 0 saturated heterocycles. The number of carboxylic acids is 1. The minimum absolute atomic E-state index is 0.182. The van der Waals surface area contributed by atoms with E-state index in [1.807, 2.05) is 0 Å². The highest BCUT2D eigenvalue weighted by Gasteiger charge is 2.00. The Bertz CT molecular complexity index is 336. The second-order valence-electron chi connectivity index (χ2n) is 2.29. The van der Waals surface area contributed by atoms with Crippen molar-refractivity contribution in [1.82, 2.24) is 5.59 Å². The number of hydrazone groups is 1. The van der Waals surface area contributed by atoms with E-state index in [-0.39, 0.29) is 5.56 Å². The number of nitrogens with zero attached hydrogens (tertiary/aromatic N) is 1. The Balaban J connectivity index is 2.92. The molecule has 1 aromatic carbocycles. The Kier molecular flexibility index (Phi) is 2.99. The summed E-state index contributed by atoms with van der Waals surface area (Å²) >= 11 is 0. The van der Waals surface area contributed by atoms with Crippen molar-refractivity contribution in [2.75, 3.05) is 0 Å². The van der Waals surface area contributed by atoms with Crippen molar-refractivity contribution in [3.63, 3.8) is 0 Å². The highest BCUT2D eigenvalue weighted by molar-refractivity contribution is 5.90. The van der Waals surface area contributed by atoms with Crippen molar-refractivity contribution in [3.8, 4) is 0 Å². The maximum absolute atomic E-state index is 10.5. The summed E-state index contributed by atoms with van der Waals surface area (Å²) < 4.78 is 0. The molecule has 68 valence electrons. The molecule has 0 aliphatic rings. The Morgan fingerprint density at radius 2 is 2.31 bits per heavy atom. The minimum Gasteiger partial charge on any atom is -0.478 e. The largest absolute Gasteiger partial charge is 0.478 e. The van der Waals surface area contributed by atoms with Gasteiger partial charge in [0.1, 0.15) is 0 Å². The van der Waals surface area contributed by atoms with Crippen LogP contribution in [0, 0.1) is 0 Å². The number of hydrogen-bond donors (Lipinski definition) is 3. The smallest absolute Gasteiger partial charge is 0.335 e. The molecular formula is C8H8N2O3. The molecule has 0 aromatic heterocycles. The van der Waals surface area contributed by atoms with Gasteiger partial charge in [0.2, 0.25) is 0 Å². The van der Waals surface area contributed by atoms with E-state index in [1.54, 1.807) is 17.7 Å². The van der Waals surface area contributed by atoms with Crippen molar-refractivity contribution in [3.05, 3.63) is 35.4 Å². The molecule has 1 aromatic rings. The van der Waals surface area contributed by atoms with Gasteiger partial charge in [0.05, 0.1) is 11.8 Å². The molecule has 3 N–H and O–H groups in total. The standard InChI is InChI=1S/C8H8N2O3/c11-8(12)7-3-1-2-6(4-7)5-9-10-13/h1-5,10,13H,(H,11,12)/b9-5-. The second-order valence-corrected chi connectivity index (χ2v) is 2.29. The Hall–Kier alpha value is -1.88. The quantitative estimate of drug-likeness (QED) is 0.472. The summed E-state index contributed by atoms with van der Waals surface area (Å²) in [5.74, 6) is -0.993. The molecule has 0 atom stereocenters. The first kappa shape index (κ1) is 9.21. The number of nitrogens with one attached hydrogen (secondary N) is 1. The summed E-state index contributed by atoms with van der Waals surface area (Å²) in [6, 6.07) is 6.20. The van der Waals surface area contributed by atoms with E-state index in [0.29, 0.717) is 5.56 Å². The van der Waals surface area contributed by atoms with E-state index in [9.17, 15) is 4.79 Å². The summed E-state index contributed by atoms with van der Waals surface area (Å²) in [5, 5.41) is 20.1. The first-order chi connectivity index (χ1) is 6.24. The van der Waals surface area contributed by atoms with E-state index in [4.69, 9.17) is 10.3 Å². The Labute approximate surface area is 74.3 Å².